The minimum atomic E-state index is -3.96. The number of Topliss-reactive ketones (excluding diaryl/α,β-unsaturated/α-hetero) is 1. The Balaban J connectivity index is 2.13. The highest BCUT2D eigenvalue weighted by molar-refractivity contribution is 7.92. The number of carbonyl (C=O) groups excluding carboxylic acids is 1. The third-order valence-corrected chi connectivity index (χ3v) is 5.60. The molecular formula is C16H13F2NO3S. The Labute approximate surface area is 132 Å². The van der Waals surface area contributed by atoms with E-state index in [2.05, 4.69) is 0 Å². The van der Waals surface area contributed by atoms with Gasteiger partial charge in [0.25, 0.3) is 10.0 Å². The van der Waals surface area contributed by atoms with Gasteiger partial charge in [-0.1, -0.05) is 0 Å². The molecule has 3 rings (SSSR count). The molecule has 1 heterocycles. The van der Waals surface area contributed by atoms with Crippen LogP contribution in [-0.2, 0) is 10.0 Å². The highest BCUT2D eigenvalue weighted by Gasteiger charge is 2.32. The maximum absolute atomic E-state index is 13.4. The summed E-state index contributed by atoms with van der Waals surface area (Å²) in [6.07, 6.45) is -0.0319. The zero-order valence-electron chi connectivity index (χ0n) is 12.2. The van der Waals surface area contributed by atoms with Gasteiger partial charge in [-0.05, 0) is 48.9 Å². The first-order valence-electron chi connectivity index (χ1n) is 6.92. The Bertz CT molecular complexity index is 910. The topological polar surface area (TPSA) is 54.5 Å². The number of hydrogen-bond donors (Lipinski definition) is 0. The predicted octanol–water partition coefficient (Wildman–Crippen LogP) is 3.05. The van der Waals surface area contributed by atoms with Crippen LogP contribution in [0.3, 0.4) is 0 Å². The molecule has 1 aliphatic heterocycles. The average molecular weight is 337 g/mol. The van der Waals surface area contributed by atoms with Crippen molar-refractivity contribution in [2.45, 2.75) is 18.2 Å². The summed E-state index contributed by atoms with van der Waals surface area (Å²) in [4.78, 5) is 11.8. The van der Waals surface area contributed by atoms with Gasteiger partial charge in [0, 0.05) is 18.5 Å². The summed E-state index contributed by atoms with van der Waals surface area (Å²) < 4.78 is 53.4. The third-order valence-electron chi connectivity index (χ3n) is 3.79. The molecule has 0 N–H and O–H groups in total. The van der Waals surface area contributed by atoms with Crippen LogP contribution >= 0.6 is 0 Å². The number of anilines is 1. The number of halogens is 2. The molecule has 0 unspecified atom stereocenters. The lowest BCUT2D eigenvalue weighted by Gasteiger charge is -2.29. The van der Waals surface area contributed by atoms with Gasteiger partial charge in [0.15, 0.2) is 5.78 Å². The van der Waals surface area contributed by atoms with Gasteiger partial charge < -0.3 is 0 Å². The van der Waals surface area contributed by atoms with E-state index in [-0.39, 0.29) is 40.5 Å². The van der Waals surface area contributed by atoms with Gasteiger partial charge in [0.2, 0.25) is 0 Å². The summed E-state index contributed by atoms with van der Waals surface area (Å²) in [6, 6.07) is 6.92. The van der Waals surface area contributed by atoms with Crippen molar-refractivity contribution in [3.8, 4) is 0 Å². The lowest BCUT2D eigenvalue weighted by molar-refractivity contribution is 0.0981. The second-order valence-corrected chi connectivity index (χ2v) is 7.19. The molecule has 0 spiro atoms. The molecule has 0 radical (unpaired) electrons. The largest absolute Gasteiger partial charge is 0.294 e. The van der Waals surface area contributed by atoms with Crippen molar-refractivity contribution in [2.24, 2.45) is 0 Å². The lowest BCUT2D eigenvalue weighted by atomic mass is 10.0. The number of hydrogen-bond acceptors (Lipinski definition) is 3. The second kappa shape index (κ2) is 5.42. The zero-order chi connectivity index (χ0) is 16.8. The number of ketones is 1. The van der Waals surface area contributed by atoms with Crippen molar-refractivity contribution in [2.75, 3.05) is 10.8 Å². The Kier molecular flexibility index (Phi) is 3.68. The van der Waals surface area contributed by atoms with E-state index in [1.54, 1.807) is 0 Å². The minimum Gasteiger partial charge on any atom is -0.294 e. The van der Waals surface area contributed by atoms with E-state index in [9.17, 15) is 22.0 Å². The second-order valence-electron chi connectivity index (χ2n) is 5.32. The van der Waals surface area contributed by atoms with Crippen LogP contribution in [0.2, 0.25) is 0 Å². The molecule has 0 aliphatic carbocycles. The molecule has 0 saturated carbocycles. The van der Waals surface area contributed by atoms with Gasteiger partial charge in [-0.3, -0.25) is 9.10 Å². The van der Waals surface area contributed by atoms with Crippen molar-refractivity contribution >= 4 is 21.5 Å². The molecule has 2 aromatic carbocycles. The average Bonchev–Trinajstić information content (AvgIpc) is 2.50. The normalized spacial score (nSPS) is 14.7. The van der Waals surface area contributed by atoms with Crippen LogP contribution < -0.4 is 4.31 Å². The van der Waals surface area contributed by atoms with Crippen molar-refractivity contribution in [1.29, 1.82) is 0 Å². The van der Waals surface area contributed by atoms with Gasteiger partial charge >= 0.3 is 0 Å². The Morgan fingerprint density at radius 3 is 2.52 bits per heavy atom. The minimum absolute atomic E-state index is 0.0315. The molecule has 2 aromatic rings. The van der Waals surface area contributed by atoms with Crippen molar-refractivity contribution in [3.63, 3.8) is 0 Å². The van der Waals surface area contributed by atoms with E-state index in [0.29, 0.717) is 0 Å². The van der Waals surface area contributed by atoms with Crippen LogP contribution in [0.25, 0.3) is 0 Å². The van der Waals surface area contributed by atoms with Crippen molar-refractivity contribution < 1.29 is 22.0 Å². The van der Waals surface area contributed by atoms with Crippen molar-refractivity contribution in [3.05, 3.63) is 59.2 Å². The lowest BCUT2D eigenvalue weighted by Crippen LogP contribution is -2.37. The molecule has 23 heavy (non-hydrogen) atoms. The SMILES string of the molecule is Cc1cc(S(=O)(=O)N2CCC(=O)c3cc(F)ccc32)ccc1F. The van der Waals surface area contributed by atoms with Gasteiger partial charge in [0.05, 0.1) is 10.6 Å². The van der Waals surface area contributed by atoms with E-state index < -0.39 is 21.7 Å². The fourth-order valence-electron chi connectivity index (χ4n) is 2.56. The summed E-state index contributed by atoms with van der Waals surface area (Å²) in [6.45, 7) is 1.44. The van der Waals surface area contributed by atoms with Crippen LogP contribution in [0.4, 0.5) is 14.5 Å². The molecule has 0 atom stereocenters. The van der Waals surface area contributed by atoms with Crippen LogP contribution in [0.15, 0.2) is 41.3 Å². The van der Waals surface area contributed by atoms with Gasteiger partial charge in [-0.2, -0.15) is 0 Å². The highest BCUT2D eigenvalue weighted by Crippen LogP contribution is 2.32. The molecular weight excluding hydrogens is 324 g/mol. The molecule has 4 nitrogen and oxygen atoms in total. The summed E-state index contributed by atoms with van der Waals surface area (Å²) in [5, 5.41) is 0. The third kappa shape index (κ3) is 2.61. The van der Waals surface area contributed by atoms with Crippen LogP contribution in [0, 0.1) is 18.6 Å². The van der Waals surface area contributed by atoms with Crippen LogP contribution in [0.5, 0.6) is 0 Å². The number of rotatable bonds is 2. The molecule has 0 fully saturated rings. The predicted molar refractivity (Wildman–Crippen MR) is 81.0 cm³/mol. The highest BCUT2D eigenvalue weighted by atomic mass is 32.2. The fraction of sp³-hybridized carbons (Fsp3) is 0.188. The summed E-state index contributed by atoms with van der Waals surface area (Å²) in [7, 11) is -3.96. The Morgan fingerprint density at radius 1 is 1.09 bits per heavy atom. The number of sulfonamides is 1. The molecule has 0 bridgehead atoms. The number of aryl methyl sites for hydroxylation is 1. The fourth-order valence-corrected chi connectivity index (χ4v) is 4.13. The van der Waals surface area contributed by atoms with Gasteiger partial charge in [-0.25, -0.2) is 17.2 Å². The molecule has 0 saturated heterocycles. The summed E-state index contributed by atoms with van der Waals surface area (Å²) in [5.41, 5.74) is 0.391. The zero-order valence-corrected chi connectivity index (χ0v) is 13.0. The standard InChI is InChI=1S/C16H13F2NO3S/c1-10-8-12(3-4-14(10)18)23(21,22)19-7-6-16(20)13-9-11(17)2-5-15(13)19/h2-5,8-9H,6-7H2,1H3. The first-order chi connectivity index (χ1) is 10.8. The molecule has 120 valence electrons. The monoisotopic (exact) mass is 337 g/mol. The van der Waals surface area contributed by atoms with Gasteiger partial charge in [-0.15, -0.1) is 0 Å². The summed E-state index contributed by atoms with van der Waals surface area (Å²) >= 11 is 0. The van der Waals surface area contributed by atoms with Crippen LogP contribution in [-0.4, -0.2) is 20.7 Å². The number of benzene rings is 2. The molecule has 0 amide bonds. The first-order valence-corrected chi connectivity index (χ1v) is 8.36. The molecule has 1 aliphatic rings. The maximum Gasteiger partial charge on any atom is 0.264 e. The number of nitrogens with zero attached hydrogens (tertiary/aromatic N) is 1. The summed E-state index contributed by atoms with van der Waals surface area (Å²) in [5.74, 6) is -1.41. The maximum atomic E-state index is 13.4. The Hall–Kier alpha value is -2.28. The quantitative estimate of drug-likeness (QED) is 0.846. The molecule has 0 aromatic heterocycles. The molecule has 7 heteroatoms. The van der Waals surface area contributed by atoms with E-state index in [4.69, 9.17) is 0 Å². The van der Waals surface area contributed by atoms with E-state index in [1.165, 1.54) is 25.1 Å². The Morgan fingerprint density at radius 2 is 1.83 bits per heavy atom. The number of fused-ring (bicyclic) bond motifs is 1. The van der Waals surface area contributed by atoms with Crippen LogP contribution in [0.1, 0.15) is 22.3 Å². The smallest absolute Gasteiger partial charge is 0.264 e. The van der Waals surface area contributed by atoms with E-state index in [0.717, 1.165) is 22.5 Å². The van der Waals surface area contributed by atoms with E-state index >= 15 is 0 Å². The van der Waals surface area contributed by atoms with Crippen molar-refractivity contribution in [1.82, 2.24) is 0 Å². The number of carbonyl (C=O) groups is 1. The first kappa shape index (κ1) is 15.6. The van der Waals surface area contributed by atoms with E-state index in [1.807, 2.05) is 0 Å². The van der Waals surface area contributed by atoms with Gasteiger partial charge in [0.1, 0.15) is 11.6 Å².